The average molecular weight is 521 g/mol. The minimum absolute atomic E-state index is 0.0558. The number of carbonyl (C=O) groups is 1. The van der Waals surface area contributed by atoms with Gasteiger partial charge in [0.1, 0.15) is 5.75 Å². The molecule has 6 nitrogen and oxygen atoms in total. The highest BCUT2D eigenvalue weighted by molar-refractivity contribution is 7.92. The van der Waals surface area contributed by atoms with Crippen LogP contribution in [0.2, 0.25) is 0 Å². The Hall–Kier alpha value is -3.32. The summed E-state index contributed by atoms with van der Waals surface area (Å²) in [4.78, 5) is 13.0. The number of fused-ring (bicyclic) bond motifs is 1. The number of nitrogens with zero attached hydrogens (tertiary/aromatic N) is 1. The predicted molar refractivity (Wildman–Crippen MR) is 149 cm³/mol. The van der Waals surface area contributed by atoms with Gasteiger partial charge in [-0.3, -0.25) is 9.10 Å². The van der Waals surface area contributed by atoms with E-state index in [4.69, 9.17) is 4.74 Å². The van der Waals surface area contributed by atoms with Crippen LogP contribution in [0.5, 0.6) is 5.75 Å². The summed E-state index contributed by atoms with van der Waals surface area (Å²) in [6.07, 6.45) is 6.71. The number of aryl methyl sites for hydroxylation is 2. The van der Waals surface area contributed by atoms with Crippen LogP contribution >= 0.6 is 0 Å². The molecule has 0 unspecified atom stereocenters. The second-order valence-corrected chi connectivity index (χ2v) is 11.5. The van der Waals surface area contributed by atoms with Crippen molar-refractivity contribution in [2.75, 3.05) is 17.2 Å². The molecule has 7 heteroatoms. The van der Waals surface area contributed by atoms with Gasteiger partial charge in [-0.15, -0.1) is 0 Å². The Bertz CT molecular complexity index is 1320. The number of ether oxygens (including phenoxy) is 1. The number of amides is 1. The molecule has 0 saturated carbocycles. The van der Waals surface area contributed by atoms with Crippen molar-refractivity contribution in [2.24, 2.45) is 0 Å². The Balaban J connectivity index is 1.45. The van der Waals surface area contributed by atoms with Gasteiger partial charge in [0.15, 0.2) is 0 Å². The maximum atomic E-state index is 13.0. The summed E-state index contributed by atoms with van der Waals surface area (Å²) in [6, 6.07) is 20.7. The second-order valence-electron chi connectivity index (χ2n) is 9.56. The highest BCUT2D eigenvalue weighted by atomic mass is 32.2. The van der Waals surface area contributed by atoms with Gasteiger partial charge in [0.2, 0.25) is 10.0 Å². The zero-order chi connectivity index (χ0) is 26.4. The van der Waals surface area contributed by atoms with Gasteiger partial charge in [0, 0.05) is 5.56 Å². The van der Waals surface area contributed by atoms with Gasteiger partial charge < -0.3 is 10.1 Å². The Morgan fingerprint density at radius 1 is 0.946 bits per heavy atom. The van der Waals surface area contributed by atoms with Crippen molar-refractivity contribution in [1.29, 1.82) is 0 Å². The topological polar surface area (TPSA) is 75.7 Å². The molecule has 37 heavy (non-hydrogen) atoms. The fourth-order valence-electron chi connectivity index (χ4n) is 4.84. The quantitative estimate of drug-likeness (QED) is 0.366. The summed E-state index contributed by atoms with van der Waals surface area (Å²) in [5.41, 5.74) is 5.88. The molecule has 0 bridgehead atoms. The van der Waals surface area contributed by atoms with E-state index >= 15 is 0 Å². The van der Waals surface area contributed by atoms with Gasteiger partial charge in [0.25, 0.3) is 5.91 Å². The van der Waals surface area contributed by atoms with Crippen molar-refractivity contribution in [1.82, 2.24) is 5.32 Å². The highest BCUT2D eigenvalue weighted by Crippen LogP contribution is 2.27. The molecule has 3 aromatic rings. The monoisotopic (exact) mass is 520 g/mol. The van der Waals surface area contributed by atoms with Crippen LogP contribution in [0.25, 0.3) is 0 Å². The number of anilines is 1. The van der Waals surface area contributed by atoms with Crippen LogP contribution in [0.3, 0.4) is 0 Å². The third kappa shape index (κ3) is 6.72. The number of nitrogens with one attached hydrogen (secondary N) is 1. The molecule has 0 radical (unpaired) electrons. The second kappa shape index (κ2) is 11.8. The molecule has 0 heterocycles. The van der Waals surface area contributed by atoms with Gasteiger partial charge in [-0.05, 0) is 97.7 Å². The van der Waals surface area contributed by atoms with E-state index in [-0.39, 0.29) is 18.5 Å². The lowest BCUT2D eigenvalue weighted by atomic mass is 9.88. The number of sulfonamides is 1. The van der Waals surface area contributed by atoms with E-state index < -0.39 is 10.0 Å². The zero-order valence-corrected chi connectivity index (χ0v) is 22.7. The molecule has 1 atom stereocenters. The summed E-state index contributed by atoms with van der Waals surface area (Å²) in [7, 11) is -3.51. The van der Waals surface area contributed by atoms with Gasteiger partial charge in [-0.2, -0.15) is 0 Å². The average Bonchev–Trinajstić information content (AvgIpc) is 2.90. The fourth-order valence-corrected chi connectivity index (χ4v) is 5.72. The van der Waals surface area contributed by atoms with E-state index in [0.717, 1.165) is 30.4 Å². The highest BCUT2D eigenvalue weighted by Gasteiger charge is 2.20. The standard InChI is InChI=1S/C30H36N2O4S/c1-4-29(26-15-14-23-8-6-7-9-25(23)20-26)31-30(33)24-12-10-22(11-13-24)21-32(37(3,34)35)27-16-18-28(19-17-27)36-5-2/h10-20,29H,4-9,21H2,1-3H3,(H,31,33)/t29-/m0/s1. The van der Waals surface area contributed by atoms with Gasteiger partial charge in [-0.25, -0.2) is 8.42 Å². The van der Waals surface area contributed by atoms with E-state index in [0.29, 0.717) is 23.6 Å². The predicted octanol–water partition coefficient (Wildman–Crippen LogP) is 5.81. The molecule has 0 fully saturated rings. The Kier molecular flexibility index (Phi) is 8.54. The van der Waals surface area contributed by atoms with Crippen LogP contribution in [0.1, 0.15) is 71.8 Å². The lowest BCUT2D eigenvalue weighted by Gasteiger charge is -2.23. The van der Waals surface area contributed by atoms with Gasteiger partial charge in [0.05, 0.1) is 31.1 Å². The lowest BCUT2D eigenvalue weighted by molar-refractivity contribution is 0.0935. The van der Waals surface area contributed by atoms with Gasteiger partial charge >= 0.3 is 0 Å². The van der Waals surface area contributed by atoms with Crippen molar-refractivity contribution < 1.29 is 17.9 Å². The third-order valence-electron chi connectivity index (χ3n) is 6.87. The molecule has 1 amide bonds. The zero-order valence-electron chi connectivity index (χ0n) is 21.9. The maximum Gasteiger partial charge on any atom is 0.251 e. The smallest absolute Gasteiger partial charge is 0.251 e. The van der Waals surface area contributed by atoms with Crippen LogP contribution in [0.4, 0.5) is 5.69 Å². The number of hydrogen-bond acceptors (Lipinski definition) is 4. The summed E-state index contributed by atoms with van der Waals surface area (Å²) in [5, 5.41) is 3.17. The molecule has 0 aliphatic heterocycles. The van der Waals surface area contributed by atoms with Gasteiger partial charge in [-0.1, -0.05) is 37.3 Å². The molecule has 1 N–H and O–H groups in total. The minimum Gasteiger partial charge on any atom is -0.494 e. The van der Waals surface area contributed by atoms with Crippen LogP contribution < -0.4 is 14.4 Å². The van der Waals surface area contributed by atoms with Crippen molar-refractivity contribution in [3.63, 3.8) is 0 Å². The number of hydrogen-bond donors (Lipinski definition) is 1. The van der Waals surface area contributed by atoms with Crippen molar-refractivity contribution >= 4 is 21.6 Å². The summed E-state index contributed by atoms with van der Waals surface area (Å²) < 4.78 is 31.9. The van der Waals surface area contributed by atoms with E-state index in [2.05, 4.69) is 30.4 Å². The molecule has 4 rings (SSSR count). The normalized spacial score (nSPS) is 13.9. The summed E-state index contributed by atoms with van der Waals surface area (Å²) in [5.74, 6) is 0.554. The third-order valence-corrected chi connectivity index (χ3v) is 8.01. The van der Waals surface area contributed by atoms with E-state index in [9.17, 15) is 13.2 Å². The largest absolute Gasteiger partial charge is 0.494 e. The molecule has 1 aliphatic carbocycles. The number of benzene rings is 3. The SMILES string of the molecule is CCOc1ccc(N(Cc2ccc(C(=O)N[C@@H](CC)c3ccc4c(c3)CCCC4)cc2)S(C)(=O)=O)cc1. The van der Waals surface area contributed by atoms with E-state index in [1.165, 1.54) is 34.5 Å². The molecule has 0 saturated heterocycles. The lowest BCUT2D eigenvalue weighted by Crippen LogP contribution is -2.29. The molecule has 0 aromatic heterocycles. The summed E-state index contributed by atoms with van der Waals surface area (Å²) in [6.45, 7) is 4.69. The molecule has 196 valence electrons. The Morgan fingerprint density at radius 3 is 2.24 bits per heavy atom. The van der Waals surface area contributed by atoms with Crippen molar-refractivity contribution in [3.8, 4) is 5.75 Å². The maximum absolute atomic E-state index is 13.0. The van der Waals surface area contributed by atoms with Crippen molar-refractivity contribution in [2.45, 2.75) is 58.5 Å². The first-order chi connectivity index (χ1) is 17.8. The first-order valence-electron chi connectivity index (χ1n) is 13.0. The first-order valence-corrected chi connectivity index (χ1v) is 14.9. The molecular weight excluding hydrogens is 484 g/mol. The summed E-state index contributed by atoms with van der Waals surface area (Å²) >= 11 is 0. The minimum atomic E-state index is -3.51. The van der Waals surface area contributed by atoms with E-state index in [1.54, 1.807) is 36.4 Å². The first kappa shape index (κ1) is 26.7. The van der Waals surface area contributed by atoms with Crippen LogP contribution in [0.15, 0.2) is 66.7 Å². The molecule has 1 aliphatic rings. The molecular formula is C30H36N2O4S. The fraction of sp³-hybridized carbons (Fsp3) is 0.367. The number of rotatable bonds is 10. The van der Waals surface area contributed by atoms with E-state index in [1.807, 2.05) is 19.1 Å². The molecule has 0 spiro atoms. The van der Waals surface area contributed by atoms with Crippen LogP contribution in [-0.4, -0.2) is 27.2 Å². The van der Waals surface area contributed by atoms with Crippen molar-refractivity contribution in [3.05, 3.63) is 94.5 Å². The van der Waals surface area contributed by atoms with Crippen LogP contribution in [-0.2, 0) is 29.4 Å². The number of carbonyl (C=O) groups excluding carboxylic acids is 1. The Labute approximate surface area is 220 Å². The molecule has 3 aromatic carbocycles. The Morgan fingerprint density at radius 2 is 1.62 bits per heavy atom. The van der Waals surface area contributed by atoms with Crippen LogP contribution in [0, 0.1) is 0 Å².